The van der Waals surface area contributed by atoms with Crippen LogP contribution >= 0.6 is 27.5 Å². The van der Waals surface area contributed by atoms with Crippen LogP contribution in [-0.4, -0.2) is 26.1 Å². The molecule has 3 nitrogen and oxygen atoms in total. The molecule has 0 saturated carbocycles. The van der Waals surface area contributed by atoms with Crippen molar-refractivity contribution in [2.75, 3.05) is 19.8 Å². The van der Waals surface area contributed by atoms with Crippen LogP contribution in [0.25, 0.3) is 10.8 Å². The van der Waals surface area contributed by atoms with Crippen LogP contribution in [0.15, 0.2) is 34.8 Å². The summed E-state index contributed by atoms with van der Waals surface area (Å²) in [6.07, 6.45) is -0.378. The standard InChI is InChI=1S/C16H18BrClO3/c1-3-19-15(20-4-2)10-21-14-8-5-11-9-12(17)6-7-13(11)16(14)18/h5-9,15H,3-4,10H2,1-2H3. The van der Waals surface area contributed by atoms with Crippen molar-refractivity contribution in [2.24, 2.45) is 0 Å². The summed E-state index contributed by atoms with van der Waals surface area (Å²) >= 11 is 9.86. The second-order valence-electron chi connectivity index (χ2n) is 4.39. The Kier molecular flexibility index (Phi) is 6.30. The minimum Gasteiger partial charge on any atom is -0.487 e. The van der Waals surface area contributed by atoms with Gasteiger partial charge >= 0.3 is 0 Å². The molecule has 0 saturated heterocycles. The second-order valence-corrected chi connectivity index (χ2v) is 5.69. The number of fused-ring (bicyclic) bond motifs is 1. The molecule has 0 aliphatic heterocycles. The van der Waals surface area contributed by atoms with Crippen LogP contribution in [0.4, 0.5) is 0 Å². The molecule has 0 aliphatic carbocycles. The first-order chi connectivity index (χ1) is 10.2. The first kappa shape index (κ1) is 16.6. The van der Waals surface area contributed by atoms with E-state index in [9.17, 15) is 0 Å². The molecule has 21 heavy (non-hydrogen) atoms. The van der Waals surface area contributed by atoms with Crippen LogP contribution in [0.3, 0.4) is 0 Å². The van der Waals surface area contributed by atoms with E-state index in [1.807, 2.05) is 44.2 Å². The fourth-order valence-corrected chi connectivity index (χ4v) is 2.70. The first-order valence-corrected chi connectivity index (χ1v) is 8.06. The van der Waals surface area contributed by atoms with Gasteiger partial charge in [0.05, 0.1) is 5.02 Å². The monoisotopic (exact) mass is 372 g/mol. The van der Waals surface area contributed by atoms with E-state index in [0.717, 1.165) is 15.2 Å². The van der Waals surface area contributed by atoms with Crippen molar-refractivity contribution in [2.45, 2.75) is 20.1 Å². The fourth-order valence-electron chi connectivity index (χ4n) is 2.03. The number of ether oxygens (including phenoxy) is 3. The minimum absolute atomic E-state index is 0.309. The number of benzene rings is 2. The quantitative estimate of drug-likeness (QED) is 0.637. The fraction of sp³-hybridized carbons (Fsp3) is 0.375. The summed E-state index contributed by atoms with van der Waals surface area (Å²) in [6, 6.07) is 9.80. The highest BCUT2D eigenvalue weighted by atomic mass is 79.9. The van der Waals surface area contributed by atoms with Gasteiger partial charge in [0.25, 0.3) is 0 Å². The van der Waals surface area contributed by atoms with E-state index < -0.39 is 0 Å². The molecule has 2 aromatic carbocycles. The SMILES string of the molecule is CCOC(COc1ccc2cc(Br)ccc2c1Cl)OCC. The number of rotatable bonds is 7. The Morgan fingerprint density at radius 3 is 2.48 bits per heavy atom. The molecular formula is C16H18BrClO3. The van der Waals surface area contributed by atoms with E-state index in [1.54, 1.807) is 0 Å². The van der Waals surface area contributed by atoms with Gasteiger partial charge in [-0.2, -0.15) is 0 Å². The van der Waals surface area contributed by atoms with Crippen LogP contribution < -0.4 is 4.74 Å². The van der Waals surface area contributed by atoms with E-state index in [-0.39, 0.29) is 6.29 Å². The summed E-state index contributed by atoms with van der Waals surface area (Å²) in [5, 5.41) is 2.63. The highest BCUT2D eigenvalue weighted by molar-refractivity contribution is 9.10. The summed E-state index contributed by atoms with van der Waals surface area (Å²) in [5.74, 6) is 0.635. The van der Waals surface area contributed by atoms with Gasteiger partial charge in [-0.25, -0.2) is 0 Å². The largest absolute Gasteiger partial charge is 0.487 e. The molecule has 0 bridgehead atoms. The molecule has 0 fully saturated rings. The molecule has 0 N–H and O–H groups in total. The molecule has 0 aliphatic rings. The number of hydrogen-bond donors (Lipinski definition) is 0. The van der Waals surface area contributed by atoms with Gasteiger partial charge in [0.1, 0.15) is 12.4 Å². The molecule has 2 rings (SSSR count). The summed E-state index contributed by atoms with van der Waals surface area (Å²) in [5.41, 5.74) is 0. The van der Waals surface area contributed by atoms with Crippen molar-refractivity contribution in [3.8, 4) is 5.75 Å². The van der Waals surface area contributed by atoms with E-state index in [0.29, 0.717) is 30.6 Å². The lowest BCUT2D eigenvalue weighted by atomic mass is 10.1. The zero-order chi connectivity index (χ0) is 15.2. The van der Waals surface area contributed by atoms with Crippen molar-refractivity contribution in [1.82, 2.24) is 0 Å². The Bertz CT molecular complexity index is 597. The normalized spacial score (nSPS) is 11.3. The average molecular weight is 374 g/mol. The van der Waals surface area contributed by atoms with E-state index >= 15 is 0 Å². The van der Waals surface area contributed by atoms with Crippen LogP contribution in [0, 0.1) is 0 Å². The van der Waals surface area contributed by atoms with Crippen molar-refractivity contribution < 1.29 is 14.2 Å². The lowest BCUT2D eigenvalue weighted by Crippen LogP contribution is -2.25. The maximum atomic E-state index is 6.41. The van der Waals surface area contributed by atoms with Crippen LogP contribution in [0.5, 0.6) is 5.75 Å². The van der Waals surface area contributed by atoms with Gasteiger partial charge in [0, 0.05) is 23.1 Å². The molecule has 2 aromatic rings. The van der Waals surface area contributed by atoms with Gasteiger partial charge in [-0.3, -0.25) is 0 Å². The number of hydrogen-bond acceptors (Lipinski definition) is 3. The summed E-state index contributed by atoms with van der Waals surface area (Å²) in [6.45, 7) is 5.31. The smallest absolute Gasteiger partial charge is 0.191 e. The van der Waals surface area contributed by atoms with E-state index in [1.165, 1.54) is 0 Å². The van der Waals surface area contributed by atoms with Crippen molar-refractivity contribution in [3.05, 3.63) is 39.8 Å². The van der Waals surface area contributed by atoms with Gasteiger partial charge in [-0.15, -0.1) is 0 Å². The molecule has 0 amide bonds. The maximum Gasteiger partial charge on any atom is 0.191 e. The third-order valence-electron chi connectivity index (χ3n) is 2.96. The molecule has 0 aromatic heterocycles. The third-order valence-corrected chi connectivity index (χ3v) is 3.84. The summed E-state index contributed by atoms with van der Waals surface area (Å²) < 4.78 is 17.7. The predicted molar refractivity (Wildman–Crippen MR) is 89.2 cm³/mol. The van der Waals surface area contributed by atoms with Gasteiger partial charge in [-0.1, -0.05) is 39.7 Å². The van der Waals surface area contributed by atoms with Crippen molar-refractivity contribution >= 4 is 38.3 Å². The summed E-state index contributed by atoms with van der Waals surface area (Å²) in [4.78, 5) is 0. The second kappa shape index (κ2) is 7.99. The van der Waals surface area contributed by atoms with E-state index in [4.69, 9.17) is 25.8 Å². The minimum atomic E-state index is -0.378. The highest BCUT2D eigenvalue weighted by Gasteiger charge is 2.12. The van der Waals surface area contributed by atoms with Crippen LogP contribution in [0.1, 0.15) is 13.8 Å². The highest BCUT2D eigenvalue weighted by Crippen LogP contribution is 2.34. The Balaban J connectivity index is 2.15. The molecule has 0 atom stereocenters. The third kappa shape index (κ3) is 4.33. The first-order valence-electron chi connectivity index (χ1n) is 6.89. The lowest BCUT2D eigenvalue weighted by Gasteiger charge is -2.18. The maximum absolute atomic E-state index is 6.41. The van der Waals surface area contributed by atoms with Gasteiger partial charge < -0.3 is 14.2 Å². The molecule has 0 unspecified atom stereocenters. The Morgan fingerprint density at radius 2 is 1.81 bits per heavy atom. The van der Waals surface area contributed by atoms with Crippen molar-refractivity contribution in [3.63, 3.8) is 0 Å². The lowest BCUT2D eigenvalue weighted by molar-refractivity contribution is -0.152. The van der Waals surface area contributed by atoms with Crippen LogP contribution in [0.2, 0.25) is 5.02 Å². The van der Waals surface area contributed by atoms with Crippen LogP contribution in [-0.2, 0) is 9.47 Å². The van der Waals surface area contributed by atoms with Gasteiger partial charge in [0.15, 0.2) is 6.29 Å². The van der Waals surface area contributed by atoms with Gasteiger partial charge in [-0.05, 0) is 37.4 Å². The number of halogens is 2. The molecule has 5 heteroatoms. The zero-order valence-electron chi connectivity index (χ0n) is 12.1. The van der Waals surface area contributed by atoms with E-state index in [2.05, 4.69) is 15.9 Å². The Morgan fingerprint density at radius 1 is 1.10 bits per heavy atom. The topological polar surface area (TPSA) is 27.7 Å². The Labute approximate surface area is 138 Å². The molecular weight excluding hydrogens is 356 g/mol. The Hall–Kier alpha value is -0.810. The zero-order valence-corrected chi connectivity index (χ0v) is 14.4. The molecule has 114 valence electrons. The summed E-state index contributed by atoms with van der Waals surface area (Å²) in [7, 11) is 0. The van der Waals surface area contributed by atoms with Gasteiger partial charge in [0.2, 0.25) is 0 Å². The molecule has 0 spiro atoms. The average Bonchev–Trinajstić information content (AvgIpc) is 2.46. The molecule has 0 heterocycles. The predicted octanol–water partition coefficient (Wildman–Crippen LogP) is 5.03. The van der Waals surface area contributed by atoms with Crippen molar-refractivity contribution in [1.29, 1.82) is 0 Å². The molecule has 0 radical (unpaired) electrons.